The third kappa shape index (κ3) is 1.85. The molecular weight excluding hydrogens is 140 g/mol. The van der Waals surface area contributed by atoms with E-state index in [0.717, 1.165) is 5.56 Å². The van der Waals surface area contributed by atoms with Gasteiger partial charge in [-0.15, -0.1) is 0 Å². The van der Waals surface area contributed by atoms with Gasteiger partial charge in [-0.05, 0) is 30.7 Å². The van der Waals surface area contributed by atoms with Crippen LogP contribution < -0.4 is 11.5 Å². The number of aliphatic hydroxyl groups is 1. The van der Waals surface area contributed by atoms with Crippen molar-refractivity contribution in [1.29, 1.82) is 0 Å². The molecular formula is C8H12N2O. The second kappa shape index (κ2) is 2.80. The number of benzene rings is 1. The van der Waals surface area contributed by atoms with Gasteiger partial charge in [-0.25, -0.2) is 0 Å². The number of aliphatic hydroxyl groups excluding tert-OH is 1. The molecule has 0 heterocycles. The fourth-order valence-electron chi connectivity index (χ4n) is 0.944. The van der Waals surface area contributed by atoms with Crippen molar-refractivity contribution in [3.05, 3.63) is 23.8 Å². The van der Waals surface area contributed by atoms with E-state index in [4.69, 9.17) is 16.6 Å². The second-order valence-corrected chi connectivity index (χ2v) is 2.61. The molecule has 3 nitrogen and oxygen atoms in total. The number of hydrogen-bond acceptors (Lipinski definition) is 3. The summed E-state index contributed by atoms with van der Waals surface area (Å²) >= 11 is 0. The summed E-state index contributed by atoms with van der Waals surface area (Å²) in [4.78, 5) is 0. The first-order valence-corrected chi connectivity index (χ1v) is 3.43. The van der Waals surface area contributed by atoms with Crippen LogP contribution in [0.4, 0.5) is 11.4 Å². The van der Waals surface area contributed by atoms with E-state index in [0.29, 0.717) is 11.4 Å². The highest BCUT2D eigenvalue weighted by molar-refractivity contribution is 5.54. The third-order valence-electron chi connectivity index (χ3n) is 1.48. The topological polar surface area (TPSA) is 72.3 Å². The highest BCUT2D eigenvalue weighted by atomic mass is 16.3. The summed E-state index contributed by atoms with van der Waals surface area (Å²) in [6, 6.07) is 5.08. The molecule has 0 aliphatic carbocycles. The van der Waals surface area contributed by atoms with Gasteiger partial charge in [-0.3, -0.25) is 0 Å². The van der Waals surface area contributed by atoms with Gasteiger partial charge in [0.05, 0.1) is 6.10 Å². The summed E-state index contributed by atoms with van der Waals surface area (Å²) in [7, 11) is 0. The lowest BCUT2D eigenvalue weighted by Gasteiger charge is -2.06. The van der Waals surface area contributed by atoms with Crippen LogP contribution in [0, 0.1) is 0 Å². The Kier molecular flexibility index (Phi) is 2.01. The minimum atomic E-state index is -0.513. The molecule has 60 valence electrons. The van der Waals surface area contributed by atoms with Crippen LogP contribution in [0.5, 0.6) is 0 Å². The first-order valence-electron chi connectivity index (χ1n) is 3.43. The minimum Gasteiger partial charge on any atom is -0.399 e. The van der Waals surface area contributed by atoms with E-state index in [1.54, 1.807) is 25.1 Å². The van der Waals surface area contributed by atoms with Crippen LogP contribution >= 0.6 is 0 Å². The molecule has 1 rings (SSSR count). The van der Waals surface area contributed by atoms with Crippen molar-refractivity contribution in [3.63, 3.8) is 0 Å². The molecule has 0 saturated carbocycles. The molecule has 0 saturated heterocycles. The fraction of sp³-hybridized carbons (Fsp3) is 0.250. The molecule has 0 aliphatic rings. The maximum atomic E-state index is 9.16. The summed E-state index contributed by atoms with van der Waals surface area (Å²) in [5, 5.41) is 9.16. The van der Waals surface area contributed by atoms with E-state index < -0.39 is 6.10 Å². The molecule has 0 aromatic heterocycles. The average molecular weight is 152 g/mol. The maximum absolute atomic E-state index is 9.16. The van der Waals surface area contributed by atoms with Gasteiger partial charge in [0.25, 0.3) is 0 Å². The lowest BCUT2D eigenvalue weighted by molar-refractivity contribution is 0.199. The zero-order valence-electron chi connectivity index (χ0n) is 6.41. The Morgan fingerprint density at radius 3 is 2.00 bits per heavy atom. The van der Waals surface area contributed by atoms with E-state index in [1.807, 2.05) is 0 Å². The molecule has 1 aromatic rings. The van der Waals surface area contributed by atoms with Gasteiger partial charge in [0.2, 0.25) is 0 Å². The summed E-state index contributed by atoms with van der Waals surface area (Å²) in [5.41, 5.74) is 12.9. The van der Waals surface area contributed by atoms with Crippen LogP contribution in [0.15, 0.2) is 18.2 Å². The molecule has 1 unspecified atom stereocenters. The summed E-state index contributed by atoms with van der Waals surface area (Å²) in [6.45, 7) is 1.67. The molecule has 0 radical (unpaired) electrons. The van der Waals surface area contributed by atoms with E-state index in [-0.39, 0.29) is 0 Å². The summed E-state index contributed by atoms with van der Waals surface area (Å²) < 4.78 is 0. The Morgan fingerprint density at radius 1 is 1.18 bits per heavy atom. The van der Waals surface area contributed by atoms with Crippen molar-refractivity contribution in [2.24, 2.45) is 0 Å². The van der Waals surface area contributed by atoms with Gasteiger partial charge in [-0.1, -0.05) is 0 Å². The predicted octanol–water partition coefficient (Wildman–Crippen LogP) is 0.904. The van der Waals surface area contributed by atoms with Crippen LogP contribution in [-0.4, -0.2) is 5.11 Å². The zero-order chi connectivity index (χ0) is 8.43. The van der Waals surface area contributed by atoms with Gasteiger partial charge in [0.15, 0.2) is 0 Å². The van der Waals surface area contributed by atoms with Gasteiger partial charge in [-0.2, -0.15) is 0 Å². The molecule has 0 spiro atoms. The Morgan fingerprint density at radius 2 is 1.64 bits per heavy atom. The lowest BCUT2D eigenvalue weighted by atomic mass is 10.1. The smallest absolute Gasteiger partial charge is 0.0763 e. The Bertz CT molecular complexity index is 238. The molecule has 1 aromatic carbocycles. The standard InChI is InChI=1S/C8H12N2O/c1-5(11)6-2-7(9)4-8(10)3-6/h2-5,11H,9-10H2,1H3. The third-order valence-corrected chi connectivity index (χ3v) is 1.48. The van der Waals surface area contributed by atoms with Crippen molar-refractivity contribution in [2.75, 3.05) is 11.5 Å². The maximum Gasteiger partial charge on any atom is 0.0763 e. The van der Waals surface area contributed by atoms with Gasteiger partial charge in [0.1, 0.15) is 0 Å². The highest BCUT2D eigenvalue weighted by Crippen LogP contribution is 2.19. The van der Waals surface area contributed by atoms with Crippen molar-refractivity contribution in [2.45, 2.75) is 13.0 Å². The molecule has 0 amide bonds. The lowest BCUT2D eigenvalue weighted by Crippen LogP contribution is -1.96. The van der Waals surface area contributed by atoms with Crippen LogP contribution in [0.1, 0.15) is 18.6 Å². The number of nitrogens with two attached hydrogens (primary N) is 2. The van der Waals surface area contributed by atoms with Crippen molar-refractivity contribution in [3.8, 4) is 0 Å². The largest absolute Gasteiger partial charge is 0.399 e. The molecule has 5 N–H and O–H groups in total. The second-order valence-electron chi connectivity index (χ2n) is 2.61. The Balaban J connectivity index is 3.08. The van der Waals surface area contributed by atoms with Gasteiger partial charge < -0.3 is 16.6 Å². The fourth-order valence-corrected chi connectivity index (χ4v) is 0.944. The van der Waals surface area contributed by atoms with E-state index in [9.17, 15) is 0 Å². The normalized spacial score (nSPS) is 12.9. The molecule has 0 aliphatic heterocycles. The number of anilines is 2. The number of nitrogen functional groups attached to an aromatic ring is 2. The first kappa shape index (κ1) is 7.88. The van der Waals surface area contributed by atoms with E-state index in [2.05, 4.69) is 0 Å². The number of rotatable bonds is 1. The zero-order valence-corrected chi connectivity index (χ0v) is 6.41. The van der Waals surface area contributed by atoms with Gasteiger partial charge in [0, 0.05) is 11.4 Å². The first-order chi connectivity index (χ1) is 5.09. The molecule has 3 heteroatoms. The summed E-state index contributed by atoms with van der Waals surface area (Å²) in [6.07, 6.45) is -0.513. The van der Waals surface area contributed by atoms with Gasteiger partial charge >= 0.3 is 0 Å². The van der Waals surface area contributed by atoms with Crippen molar-refractivity contribution < 1.29 is 5.11 Å². The Hall–Kier alpha value is -1.22. The average Bonchev–Trinajstić information content (AvgIpc) is 1.85. The summed E-state index contributed by atoms with van der Waals surface area (Å²) in [5.74, 6) is 0. The van der Waals surface area contributed by atoms with E-state index in [1.165, 1.54) is 0 Å². The van der Waals surface area contributed by atoms with Crippen molar-refractivity contribution in [1.82, 2.24) is 0 Å². The van der Waals surface area contributed by atoms with Crippen LogP contribution in [0.3, 0.4) is 0 Å². The minimum absolute atomic E-state index is 0.513. The van der Waals surface area contributed by atoms with E-state index >= 15 is 0 Å². The molecule has 11 heavy (non-hydrogen) atoms. The number of hydrogen-bond donors (Lipinski definition) is 3. The van der Waals surface area contributed by atoms with Crippen molar-refractivity contribution >= 4 is 11.4 Å². The Labute approximate surface area is 65.6 Å². The monoisotopic (exact) mass is 152 g/mol. The van der Waals surface area contributed by atoms with Crippen LogP contribution in [0.2, 0.25) is 0 Å². The SMILES string of the molecule is CC(O)c1cc(N)cc(N)c1. The predicted molar refractivity (Wildman–Crippen MR) is 45.9 cm³/mol. The molecule has 1 atom stereocenters. The van der Waals surface area contributed by atoms with Crippen LogP contribution in [0.25, 0.3) is 0 Å². The quantitative estimate of drug-likeness (QED) is 0.523. The molecule has 0 bridgehead atoms. The highest BCUT2D eigenvalue weighted by Gasteiger charge is 2.01. The van der Waals surface area contributed by atoms with Crippen LogP contribution in [-0.2, 0) is 0 Å². The molecule has 0 fully saturated rings.